The first kappa shape index (κ1) is 15.0. The molecule has 0 radical (unpaired) electrons. The van der Waals surface area contributed by atoms with Gasteiger partial charge in [-0.1, -0.05) is 23.9 Å². The van der Waals surface area contributed by atoms with Gasteiger partial charge in [0.05, 0.1) is 18.7 Å². The Labute approximate surface area is 144 Å². The van der Waals surface area contributed by atoms with Crippen LogP contribution in [0.4, 0.5) is 0 Å². The summed E-state index contributed by atoms with van der Waals surface area (Å²) in [6, 6.07) is 9.89. The van der Waals surface area contributed by atoms with E-state index in [1.54, 1.807) is 22.6 Å². The average molecular weight is 339 g/mol. The van der Waals surface area contributed by atoms with Gasteiger partial charge in [0.2, 0.25) is 5.91 Å². The number of nitrogens with one attached hydrogen (secondary N) is 1. The van der Waals surface area contributed by atoms with Crippen molar-refractivity contribution in [3.05, 3.63) is 59.4 Å². The van der Waals surface area contributed by atoms with Crippen molar-refractivity contribution < 1.29 is 4.79 Å². The highest BCUT2D eigenvalue weighted by molar-refractivity contribution is 8.16. The van der Waals surface area contributed by atoms with Crippen LogP contribution in [0.2, 0.25) is 0 Å². The van der Waals surface area contributed by atoms with E-state index in [-0.39, 0.29) is 5.91 Å². The first-order valence-electron chi connectivity index (χ1n) is 7.83. The Hall–Kier alpha value is -2.54. The first-order valence-corrected chi connectivity index (χ1v) is 8.71. The third-order valence-corrected chi connectivity index (χ3v) is 4.91. The number of carbonyl (C=O) groups excluding carboxylic acids is 1. The zero-order valence-electron chi connectivity index (χ0n) is 13.1. The van der Waals surface area contributed by atoms with Crippen molar-refractivity contribution in [3.63, 3.8) is 0 Å². The van der Waals surface area contributed by atoms with E-state index in [0.717, 1.165) is 35.2 Å². The van der Waals surface area contributed by atoms with Gasteiger partial charge < -0.3 is 10.2 Å². The van der Waals surface area contributed by atoms with Crippen LogP contribution in [0.5, 0.6) is 0 Å². The Kier molecular flexibility index (Phi) is 4.08. The Balaban J connectivity index is 1.34. The molecular weight excluding hydrogens is 322 g/mol. The molecule has 0 bridgehead atoms. The van der Waals surface area contributed by atoms with Crippen molar-refractivity contribution >= 4 is 22.8 Å². The van der Waals surface area contributed by atoms with E-state index in [2.05, 4.69) is 20.3 Å². The molecule has 0 unspecified atom stereocenters. The van der Waals surface area contributed by atoms with Crippen LogP contribution in [0.3, 0.4) is 0 Å². The van der Waals surface area contributed by atoms with E-state index < -0.39 is 0 Å². The maximum Gasteiger partial charge on any atom is 0.226 e. The van der Waals surface area contributed by atoms with Gasteiger partial charge in [0.15, 0.2) is 5.17 Å². The Morgan fingerprint density at radius 2 is 2.29 bits per heavy atom. The van der Waals surface area contributed by atoms with Crippen LogP contribution in [0, 0.1) is 0 Å². The lowest BCUT2D eigenvalue weighted by atomic mass is 10.2. The normalized spacial score (nSPS) is 15.9. The lowest BCUT2D eigenvalue weighted by molar-refractivity contribution is -0.120. The monoisotopic (exact) mass is 339 g/mol. The molecular formula is C17H17N5OS. The summed E-state index contributed by atoms with van der Waals surface area (Å²) in [6.45, 7) is 2.21. The molecule has 2 aliphatic rings. The van der Waals surface area contributed by atoms with E-state index >= 15 is 0 Å². The van der Waals surface area contributed by atoms with Crippen LogP contribution in [0.1, 0.15) is 12.0 Å². The number of thioether (sulfide) groups is 1. The summed E-state index contributed by atoms with van der Waals surface area (Å²) < 4.78 is 1.81. The van der Waals surface area contributed by atoms with E-state index in [1.807, 2.05) is 41.9 Å². The van der Waals surface area contributed by atoms with Gasteiger partial charge in [0.25, 0.3) is 0 Å². The summed E-state index contributed by atoms with van der Waals surface area (Å²) in [5, 5.41) is 10.3. The molecule has 4 rings (SSSR count). The molecule has 1 aromatic carbocycles. The number of fused-ring (bicyclic) bond motifs is 1. The summed E-state index contributed by atoms with van der Waals surface area (Å²) in [4.78, 5) is 18.8. The molecule has 1 aromatic heterocycles. The highest BCUT2D eigenvalue weighted by atomic mass is 32.2. The standard InChI is InChI=1S/C17H17N5OS/c23-16(10-15-12-24-17-18-6-8-21(15)17)19-11-13-3-1-4-14(9-13)22-7-2-5-20-22/h1-5,7,9,12H,6,8,10-11H2,(H,19,23). The van der Waals surface area contributed by atoms with E-state index in [4.69, 9.17) is 0 Å². The van der Waals surface area contributed by atoms with Crippen molar-refractivity contribution in [2.75, 3.05) is 13.1 Å². The number of amidine groups is 1. The molecule has 0 atom stereocenters. The molecule has 6 nitrogen and oxygen atoms in total. The predicted octanol–water partition coefficient (Wildman–Crippen LogP) is 2.14. The molecule has 0 aliphatic carbocycles. The lowest BCUT2D eigenvalue weighted by Crippen LogP contribution is -2.28. The van der Waals surface area contributed by atoms with Gasteiger partial charge in [-0.25, -0.2) is 4.68 Å². The van der Waals surface area contributed by atoms with Crippen LogP contribution in [0.15, 0.2) is 58.8 Å². The van der Waals surface area contributed by atoms with Gasteiger partial charge in [0, 0.05) is 31.2 Å². The third kappa shape index (κ3) is 3.07. The number of nitrogens with zero attached hydrogens (tertiary/aromatic N) is 4. The number of hydrogen-bond acceptors (Lipinski definition) is 5. The van der Waals surface area contributed by atoms with E-state index in [1.165, 1.54) is 0 Å². The number of amides is 1. The number of carbonyl (C=O) groups is 1. The minimum Gasteiger partial charge on any atom is -0.352 e. The van der Waals surface area contributed by atoms with Gasteiger partial charge in [-0.15, -0.1) is 0 Å². The molecule has 0 fully saturated rings. The van der Waals surface area contributed by atoms with E-state index in [9.17, 15) is 4.79 Å². The van der Waals surface area contributed by atoms with Crippen LogP contribution in [0.25, 0.3) is 5.69 Å². The molecule has 2 aromatic rings. The van der Waals surface area contributed by atoms with Crippen molar-refractivity contribution in [2.24, 2.45) is 4.99 Å². The van der Waals surface area contributed by atoms with Gasteiger partial charge >= 0.3 is 0 Å². The quantitative estimate of drug-likeness (QED) is 0.906. The number of hydrogen-bond donors (Lipinski definition) is 1. The molecule has 1 N–H and O–H groups in total. The van der Waals surface area contributed by atoms with Crippen LogP contribution in [-0.2, 0) is 11.3 Å². The van der Waals surface area contributed by atoms with Gasteiger partial charge in [0.1, 0.15) is 0 Å². The van der Waals surface area contributed by atoms with Crippen LogP contribution >= 0.6 is 11.8 Å². The zero-order valence-corrected chi connectivity index (χ0v) is 13.9. The first-order chi connectivity index (χ1) is 11.8. The summed E-state index contributed by atoms with van der Waals surface area (Å²) in [5.74, 6) is 0.0273. The number of rotatable bonds is 5. The fourth-order valence-electron chi connectivity index (χ4n) is 2.77. The summed E-state index contributed by atoms with van der Waals surface area (Å²) in [5.41, 5.74) is 3.08. The van der Waals surface area contributed by atoms with Crippen LogP contribution in [-0.4, -0.2) is 38.8 Å². The van der Waals surface area contributed by atoms with Crippen molar-refractivity contribution in [1.29, 1.82) is 0 Å². The molecule has 7 heteroatoms. The Bertz CT molecular complexity index is 812. The summed E-state index contributed by atoms with van der Waals surface area (Å²) >= 11 is 1.60. The predicted molar refractivity (Wildman–Crippen MR) is 94.7 cm³/mol. The van der Waals surface area contributed by atoms with Gasteiger partial charge in [-0.3, -0.25) is 9.79 Å². The average Bonchev–Trinajstić information content (AvgIpc) is 3.33. The molecule has 0 saturated carbocycles. The Morgan fingerprint density at radius 3 is 3.17 bits per heavy atom. The van der Waals surface area contributed by atoms with Gasteiger partial charge in [-0.05, 0) is 29.2 Å². The zero-order chi connectivity index (χ0) is 16.4. The molecule has 0 spiro atoms. The maximum absolute atomic E-state index is 12.2. The molecule has 0 saturated heterocycles. The molecule has 1 amide bonds. The lowest BCUT2D eigenvalue weighted by Gasteiger charge is -2.16. The Morgan fingerprint density at radius 1 is 1.33 bits per heavy atom. The maximum atomic E-state index is 12.2. The molecule has 122 valence electrons. The van der Waals surface area contributed by atoms with Crippen molar-refractivity contribution in [1.82, 2.24) is 20.0 Å². The largest absolute Gasteiger partial charge is 0.352 e. The number of benzene rings is 1. The fraction of sp³-hybridized carbons (Fsp3) is 0.235. The summed E-state index contributed by atoms with van der Waals surface area (Å²) in [7, 11) is 0. The number of aromatic nitrogens is 2. The smallest absolute Gasteiger partial charge is 0.226 e. The molecule has 24 heavy (non-hydrogen) atoms. The minimum atomic E-state index is 0.0273. The van der Waals surface area contributed by atoms with Crippen molar-refractivity contribution in [3.8, 4) is 5.69 Å². The fourth-order valence-corrected chi connectivity index (χ4v) is 3.73. The third-order valence-electron chi connectivity index (χ3n) is 3.96. The highest BCUT2D eigenvalue weighted by Gasteiger charge is 2.27. The van der Waals surface area contributed by atoms with Crippen molar-refractivity contribution in [2.45, 2.75) is 13.0 Å². The van der Waals surface area contributed by atoms with Crippen LogP contribution < -0.4 is 5.32 Å². The molecule has 2 aliphatic heterocycles. The molecule has 3 heterocycles. The van der Waals surface area contributed by atoms with E-state index in [0.29, 0.717) is 13.0 Å². The minimum absolute atomic E-state index is 0.0273. The second kappa shape index (κ2) is 6.52. The topological polar surface area (TPSA) is 62.5 Å². The highest BCUT2D eigenvalue weighted by Crippen LogP contribution is 2.30. The number of aliphatic imine (C=N–C) groups is 1. The second-order valence-corrected chi connectivity index (χ2v) is 6.45. The van der Waals surface area contributed by atoms with Gasteiger partial charge in [-0.2, -0.15) is 5.10 Å². The summed E-state index contributed by atoms with van der Waals surface area (Å²) in [6.07, 6.45) is 4.04. The SMILES string of the molecule is O=C(CC1=CSC2=NCCN12)NCc1cccc(-n2cccn2)c1. The second-order valence-electron chi connectivity index (χ2n) is 5.62.